The summed E-state index contributed by atoms with van der Waals surface area (Å²) in [5, 5.41) is 6.16. The molecule has 0 spiro atoms. The first-order valence-electron chi connectivity index (χ1n) is 11.3. The quantitative estimate of drug-likeness (QED) is 0.441. The van der Waals surface area contributed by atoms with Crippen molar-refractivity contribution in [2.75, 3.05) is 0 Å². The Hall–Kier alpha value is -2.84. The van der Waals surface area contributed by atoms with Gasteiger partial charge in [0.2, 0.25) is 6.71 Å². The molecular formula is C29H29BSi. The number of hydrogen-bond acceptors (Lipinski definition) is 0. The topological polar surface area (TPSA) is 0 Å². The molecule has 4 aromatic rings. The fraction of sp³-hybridized carbons (Fsp3) is 0.172. The third kappa shape index (κ3) is 3.04. The van der Waals surface area contributed by atoms with Crippen LogP contribution in [0.4, 0.5) is 0 Å². The van der Waals surface area contributed by atoms with Crippen molar-refractivity contribution < 1.29 is 0 Å². The van der Waals surface area contributed by atoms with Crippen LogP contribution in [0.25, 0.3) is 0 Å². The maximum atomic E-state index is 2.42. The molecule has 1 aliphatic heterocycles. The lowest BCUT2D eigenvalue weighted by molar-refractivity contribution is 0.750. The summed E-state index contributed by atoms with van der Waals surface area (Å²) in [7, 11) is -2.42. The van der Waals surface area contributed by atoms with E-state index in [1.807, 2.05) is 0 Å². The van der Waals surface area contributed by atoms with E-state index in [-0.39, 0.29) is 5.31 Å². The molecule has 1 heterocycles. The molecule has 0 unspecified atom stereocenters. The lowest BCUT2D eigenvalue weighted by atomic mass is 9.28. The van der Waals surface area contributed by atoms with Crippen molar-refractivity contribution in [3.05, 3.63) is 109 Å². The highest BCUT2D eigenvalue weighted by Crippen LogP contribution is 2.28. The average Bonchev–Trinajstić information content (AvgIpc) is 2.78. The zero-order valence-corrected chi connectivity index (χ0v) is 19.9. The van der Waals surface area contributed by atoms with Gasteiger partial charge < -0.3 is 0 Å². The summed E-state index contributed by atoms with van der Waals surface area (Å²) in [5.41, 5.74) is 4.32. The van der Waals surface area contributed by atoms with Gasteiger partial charge in [-0.2, -0.15) is 0 Å². The summed E-state index contributed by atoms with van der Waals surface area (Å²) in [6, 6.07) is 39.2. The predicted octanol–water partition coefficient (Wildman–Crippen LogP) is 3.09. The minimum atomic E-state index is -2.42. The number of fused-ring (bicyclic) bond motifs is 2. The first-order chi connectivity index (χ1) is 14.9. The monoisotopic (exact) mass is 416 g/mol. The Morgan fingerprint density at radius 2 is 1.00 bits per heavy atom. The number of hydrogen-bond donors (Lipinski definition) is 0. The molecular weight excluding hydrogens is 387 g/mol. The van der Waals surface area contributed by atoms with Gasteiger partial charge in [-0.05, 0) is 17.3 Å². The van der Waals surface area contributed by atoms with Crippen molar-refractivity contribution in [2.45, 2.75) is 33.0 Å². The van der Waals surface area contributed by atoms with Gasteiger partial charge in [-0.25, -0.2) is 0 Å². The molecule has 0 saturated carbocycles. The number of rotatable bonds is 2. The molecule has 31 heavy (non-hydrogen) atoms. The van der Waals surface area contributed by atoms with Gasteiger partial charge in [0.05, 0.1) is 0 Å². The van der Waals surface area contributed by atoms with Crippen LogP contribution in [-0.2, 0) is 0 Å². The highest BCUT2D eigenvalue weighted by Gasteiger charge is 2.51. The Kier molecular flexibility index (Phi) is 4.79. The molecule has 2 heteroatoms. The largest absolute Gasteiger partial charge is 0.214 e. The Morgan fingerprint density at radius 3 is 1.52 bits per heavy atom. The molecule has 1 aliphatic rings. The van der Waals surface area contributed by atoms with E-state index in [4.69, 9.17) is 0 Å². The van der Waals surface area contributed by atoms with Crippen LogP contribution in [-0.4, -0.2) is 14.8 Å². The van der Waals surface area contributed by atoms with E-state index >= 15 is 0 Å². The Morgan fingerprint density at radius 1 is 0.548 bits per heavy atom. The smallest absolute Gasteiger partial charge is 0.0732 e. The molecule has 0 N–H and O–H groups in total. The fourth-order valence-electron chi connectivity index (χ4n) is 5.71. The molecule has 0 fully saturated rings. The summed E-state index contributed by atoms with van der Waals surface area (Å²) in [6.45, 7) is 9.71. The van der Waals surface area contributed by atoms with Crippen LogP contribution in [0.2, 0.25) is 5.31 Å². The SMILES string of the molecule is Cc1ccc([Si]2(c3ccccc3)c3ccccc3B(C(C)(C)C)c3ccccc32)cc1. The van der Waals surface area contributed by atoms with Gasteiger partial charge in [-0.3, -0.25) is 0 Å². The van der Waals surface area contributed by atoms with E-state index in [0.717, 1.165) is 0 Å². The van der Waals surface area contributed by atoms with Crippen LogP contribution in [0.15, 0.2) is 103 Å². The van der Waals surface area contributed by atoms with Gasteiger partial charge >= 0.3 is 0 Å². The van der Waals surface area contributed by atoms with E-state index in [1.54, 1.807) is 10.4 Å². The second kappa shape index (κ2) is 7.39. The van der Waals surface area contributed by atoms with Crippen LogP contribution in [0.5, 0.6) is 0 Å². The predicted molar refractivity (Wildman–Crippen MR) is 140 cm³/mol. The zero-order chi connectivity index (χ0) is 21.6. The van der Waals surface area contributed by atoms with Crippen LogP contribution in [0.3, 0.4) is 0 Å². The van der Waals surface area contributed by atoms with Crippen LogP contribution < -0.4 is 31.7 Å². The Labute approximate surface area is 188 Å². The van der Waals surface area contributed by atoms with Gasteiger partial charge in [0, 0.05) is 0 Å². The highest BCUT2D eigenvalue weighted by atomic mass is 28.3. The maximum Gasteiger partial charge on any atom is 0.214 e. The highest BCUT2D eigenvalue weighted by molar-refractivity contribution is 7.25. The fourth-order valence-corrected chi connectivity index (χ4v) is 10.9. The minimum absolute atomic E-state index is 0.136. The van der Waals surface area contributed by atoms with Gasteiger partial charge in [0.15, 0.2) is 8.07 Å². The molecule has 0 radical (unpaired) electrons. The summed E-state index contributed by atoms with van der Waals surface area (Å²) in [6.07, 6.45) is 0. The number of aryl methyl sites for hydroxylation is 1. The van der Waals surface area contributed by atoms with Crippen LogP contribution >= 0.6 is 0 Å². The van der Waals surface area contributed by atoms with E-state index in [9.17, 15) is 0 Å². The van der Waals surface area contributed by atoms with Gasteiger partial charge in [0.25, 0.3) is 0 Å². The van der Waals surface area contributed by atoms with Crippen LogP contribution in [0, 0.1) is 6.92 Å². The first-order valence-corrected chi connectivity index (χ1v) is 13.3. The minimum Gasteiger partial charge on any atom is -0.0732 e. The second-order valence-electron chi connectivity index (χ2n) is 9.96. The van der Waals surface area contributed by atoms with Crippen molar-refractivity contribution in [3.8, 4) is 0 Å². The van der Waals surface area contributed by atoms with Crippen molar-refractivity contribution in [1.82, 2.24) is 0 Å². The summed E-state index contributed by atoms with van der Waals surface area (Å²) in [4.78, 5) is 0. The van der Waals surface area contributed by atoms with Gasteiger partial charge in [-0.15, -0.1) is 0 Å². The third-order valence-electron chi connectivity index (χ3n) is 6.91. The van der Waals surface area contributed by atoms with Gasteiger partial charge in [-0.1, -0.05) is 156 Å². The van der Waals surface area contributed by atoms with Crippen molar-refractivity contribution in [2.24, 2.45) is 0 Å². The normalized spacial score (nSPS) is 14.6. The van der Waals surface area contributed by atoms with E-state index in [2.05, 4.69) is 131 Å². The maximum absolute atomic E-state index is 2.42. The van der Waals surface area contributed by atoms with Crippen LogP contribution in [0.1, 0.15) is 26.3 Å². The van der Waals surface area contributed by atoms with E-state index in [1.165, 1.54) is 26.9 Å². The molecule has 152 valence electrons. The Bertz CT molecular complexity index is 1170. The molecule has 0 atom stereocenters. The zero-order valence-electron chi connectivity index (χ0n) is 18.9. The third-order valence-corrected chi connectivity index (χ3v) is 11.8. The first kappa shape index (κ1) is 20.1. The molecule has 0 bridgehead atoms. The molecule has 0 saturated heterocycles. The summed E-state index contributed by atoms with van der Waals surface area (Å²) in [5.74, 6) is 0. The average molecular weight is 416 g/mol. The lowest BCUT2D eigenvalue weighted by Crippen LogP contribution is -2.86. The molecule has 0 aliphatic carbocycles. The van der Waals surface area contributed by atoms with E-state index < -0.39 is 8.07 Å². The molecule has 5 rings (SSSR count). The van der Waals surface area contributed by atoms with E-state index in [0.29, 0.717) is 6.71 Å². The molecule has 4 aromatic carbocycles. The lowest BCUT2D eigenvalue weighted by Gasteiger charge is -2.45. The van der Waals surface area contributed by atoms with Crippen molar-refractivity contribution in [3.63, 3.8) is 0 Å². The van der Waals surface area contributed by atoms with Crippen molar-refractivity contribution in [1.29, 1.82) is 0 Å². The Balaban J connectivity index is 1.98. The molecule has 0 amide bonds. The standard InChI is InChI=1S/C29H29BSi/c1-22-18-20-24(21-19-22)31(23-12-6-5-7-13-23)27-16-10-8-14-25(27)30(29(2,3)4)26-15-9-11-17-28(26)31/h5-21H,1-4H3. The second-order valence-corrected chi connectivity index (χ2v) is 13.7. The summed E-state index contributed by atoms with van der Waals surface area (Å²) >= 11 is 0. The number of benzene rings is 4. The summed E-state index contributed by atoms with van der Waals surface area (Å²) < 4.78 is 0. The van der Waals surface area contributed by atoms with Crippen molar-refractivity contribution >= 4 is 46.5 Å². The molecule has 0 aromatic heterocycles. The van der Waals surface area contributed by atoms with Gasteiger partial charge in [0.1, 0.15) is 0 Å². The molecule has 0 nitrogen and oxygen atoms in total.